The van der Waals surface area contributed by atoms with Crippen molar-refractivity contribution < 1.29 is 37.4 Å². The molecule has 1 aromatic rings. The van der Waals surface area contributed by atoms with E-state index in [1.165, 1.54) is 12.8 Å². The first-order valence-corrected chi connectivity index (χ1v) is 5.73. The zero-order valence-electron chi connectivity index (χ0n) is 10.9. The monoisotopic (exact) mass is 311 g/mol. The first-order chi connectivity index (χ1) is 9.70. The van der Waals surface area contributed by atoms with Crippen molar-refractivity contribution >= 4 is 11.9 Å². The van der Waals surface area contributed by atoms with Crippen molar-refractivity contribution in [1.82, 2.24) is 0 Å². The van der Waals surface area contributed by atoms with Crippen LogP contribution in [0.5, 0.6) is 0 Å². The Balaban J connectivity index is 0.000000690. The van der Waals surface area contributed by atoms with E-state index in [0.717, 1.165) is 6.54 Å². The van der Waals surface area contributed by atoms with Gasteiger partial charge in [-0.2, -0.15) is 0 Å². The molecular weight excluding hydrogens is 298 g/mol. The molecule has 4 N–H and O–H groups in total. The van der Waals surface area contributed by atoms with Crippen LogP contribution in [-0.4, -0.2) is 28.7 Å². The standard InChI is InChI=1S/C8H2F4O4.C4H11N/c9-3-1(7(13)14)2(8(15)16)4(10)6(12)5(3)11;1-2-3-4-5/h(H,13,14)(H,15,16);2-5H2,1H3. The van der Waals surface area contributed by atoms with Crippen molar-refractivity contribution in [2.24, 2.45) is 5.73 Å². The summed E-state index contributed by atoms with van der Waals surface area (Å²) in [5, 5.41) is 16.8. The fourth-order valence-corrected chi connectivity index (χ4v) is 1.24. The molecule has 0 unspecified atom stereocenters. The molecule has 0 saturated heterocycles. The normalized spacial score (nSPS) is 9.81. The number of carboxylic acid groups (broad SMARTS) is 2. The quantitative estimate of drug-likeness (QED) is 0.450. The smallest absolute Gasteiger partial charge is 0.339 e. The number of carboxylic acids is 2. The molecule has 0 amide bonds. The summed E-state index contributed by atoms with van der Waals surface area (Å²) >= 11 is 0. The second-order valence-electron chi connectivity index (χ2n) is 3.76. The summed E-state index contributed by atoms with van der Waals surface area (Å²) in [4.78, 5) is 20.8. The van der Waals surface area contributed by atoms with Gasteiger partial charge in [0.05, 0.1) is 0 Å². The second-order valence-corrected chi connectivity index (χ2v) is 3.76. The maximum atomic E-state index is 12.9. The Kier molecular flexibility index (Phi) is 7.36. The number of hydrogen-bond acceptors (Lipinski definition) is 3. The van der Waals surface area contributed by atoms with E-state index < -0.39 is 46.3 Å². The van der Waals surface area contributed by atoms with E-state index in [4.69, 9.17) is 15.9 Å². The Bertz CT molecular complexity index is 502. The first-order valence-electron chi connectivity index (χ1n) is 5.73. The third-order valence-electron chi connectivity index (χ3n) is 2.25. The number of benzene rings is 1. The Labute approximate surface area is 117 Å². The summed E-state index contributed by atoms with van der Waals surface area (Å²) in [5.41, 5.74) is 1.62. The van der Waals surface area contributed by atoms with Crippen molar-refractivity contribution in [3.05, 3.63) is 34.4 Å². The predicted molar refractivity (Wildman–Crippen MR) is 64.2 cm³/mol. The summed E-state index contributed by atoms with van der Waals surface area (Å²) in [6, 6.07) is 0. The van der Waals surface area contributed by atoms with E-state index in [2.05, 4.69) is 6.92 Å². The molecule has 118 valence electrons. The lowest BCUT2D eigenvalue weighted by Crippen LogP contribution is -2.17. The van der Waals surface area contributed by atoms with Gasteiger partial charge in [-0.05, 0) is 13.0 Å². The van der Waals surface area contributed by atoms with Crippen molar-refractivity contribution in [2.75, 3.05) is 6.54 Å². The maximum Gasteiger partial charge on any atom is 0.339 e. The van der Waals surface area contributed by atoms with E-state index in [-0.39, 0.29) is 0 Å². The van der Waals surface area contributed by atoms with Crippen molar-refractivity contribution in [1.29, 1.82) is 0 Å². The van der Waals surface area contributed by atoms with Crippen LogP contribution < -0.4 is 5.73 Å². The molecular formula is C12H13F4NO4. The molecule has 0 radical (unpaired) electrons. The van der Waals surface area contributed by atoms with E-state index in [1.54, 1.807) is 0 Å². The molecule has 0 aliphatic rings. The summed E-state index contributed by atoms with van der Waals surface area (Å²) in [5.74, 6) is -13.7. The number of aromatic carboxylic acids is 2. The van der Waals surface area contributed by atoms with Crippen molar-refractivity contribution in [2.45, 2.75) is 19.8 Å². The molecule has 5 nitrogen and oxygen atoms in total. The van der Waals surface area contributed by atoms with Gasteiger partial charge in [0.2, 0.25) is 0 Å². The van der Waals surface area contributed by atoms with Crippen LogP contribution in [0.25, 0.3) is 0 Å². The molecule has 9 heteroatoms. The zero-order chi connectivity index (χ0) is 16.7. The van der Waals surface area contributed by atoms with Crippen LogP contribution in [-0.2, 0) is 0 Å². The van der Waals surface area contributed by atoms with Gasteiger partial charge in [0.15, 0.2) is 23.3 Å². The minimum Gasteiger partial charge on any atom is -0.478 e. The molecule has 1 rings (SSSR count). The van der Waals surface area contributed by atoms with Crippen LogP contribution in [0.2, 0.25) is 0 Å². The summed E-state index contributed by atoms with van der Waals surface area (Å²) in [6.45, 7) is 2.98. The first kappa shape index (κ1) is 18.8. The minimum atomic E-state index is -2.38. The number of halogens is 4. The van der Waals surface area contributed by atoms with Gasteiger partial charge in [0.1, 0.15) is 11.1 Å². The molecule has 0 atom stereocenters. The van der Waals surface area contributed by atoms with Gasteiger partial charge >= 0.3 is 11.9 Å². The second kappa shape index (κ2) is 8.20. The lowest BCUT2D eigenvalue weighted by Gasteiger charge is -2.06. The van der Waals surface area contributed by atoms with Gasteiger partial charge in [-0.25, -0.2) is 27.2 Å². The van der Waals surface area contributed by atoms with Crippen LogP contribution in [0.15, 0.2) is 0 Å². The summed E-state index contributed by atoms with van der Waals surface area (Å²) in [7, 11) is 0. The van der Waals surface area contributed by atoms with E-state index >= 15 is 0 Å². The fraction of sp³-hybridized carbons (Fsp3) is 0.333. The molecule has 0 aliphatic carbocycles. The Morgan fingerprint density at radius 1 is 0.905 bits per heavy atom. The van der Waals surface area contributed by atoms with E-state index in [0.29, 0.717) is 0 Å². The lowest BCUT2D eigenvalue weighted by atomic mass is 10.1. The van der Waals surface area contributed by atoms with E-state index in [9.17, 15) is 27.2 Å². The van der Waals surface area contributed by atoms with Gasteiger partial charge in [-0.15, -0.1) is 0 Å². The highest BCUT2D eigenvalue weighted by molar-refractivity contribution is 6.02. The van der Waals surface area contributed by atoms with Crippen LogP contribution in [0.4, 0.5) is 17.6 Å². The Hall–Kier alpha value is -2.16. The van der Waals surface area contributed by atoms with Gasteiger partial charge < -0.3 is 15.9 Å². The molecule has 0 saturated carbocycles. The molecule has 0 heterocycles. The van der Waals surface area contributed by atoms with E-state index in [1.807, 2.05) is 0 Å². The summed E-state index contributed by atoms with van der Waals surface area (Å²) < 4.78 is 51.0. The van der Waals surface area contributed by atoms with Crippen molar-refractivity contribution in [3.8, 4) is 0 Å². The van der Waals surface area contributed by atoms with Crippen molar-refractivity contribution in [3.63, 3.8) is 0 Å². The highest BCUT2D eigenvalue weighted by atomic mass is 19.2. The highest BCUT2D eigenvalue weighted by Crippen LogP contribution is 2.24. The number of hydrogen-bond donors (Lipinski definition) is 3. The molecule has 1 aromatic carbocycles. The molecule has 0 aliphatic heterocycles. The Morgan fingerprint density at radius 2 is 1.24 bits per heavy atom. The van der Waals surface area contributed by atoms with Crippen LogP contribution >= 0.6 is 0 Å². The van der Waals surface area contributed by atoms with Gasteiger partial charge in [-0.1, -0.05) is 13.3 Å². The zero-order valence-corrected chi connectivity index (χ0v) is 10.9. The average Bonchev–Trinajstić information content (AvgIpc) is 2.41. The third-order valence-corrected chi connectivity index (χ3v) is 2.25. The minimum absolute atomic E-state index is 0.844. The fourth-order valence-electron chi connectivity index (χ4n) is 1.24. The Morgan fingerprint density at radius 3 is 1.38 bits per heavy atom. The van der Waals surface area contributed by atoms with Crippen LogP contribution in [0, 0.1) is 23.3 Å². The topological polar surface area (TPSA) is 101 Å². The SMILES string of the molecule is CCCCN.O=C(O)c1c(F)c(F)c(F)c(F)c1C(=O)O. The van der Waals surface area contributed by atoms with Gasteiger partial charge in [-0.3, -0.25) is 0 Å². The van der Waals surface area contributed by atoms with Gasteiger partial charge in [0.25, 0.3) is 0 Å². The maximum absolute atomic E-state index is 12.9. The largest absolute Gasteiger partial charge is 0.478 e. The molecule has 0 aromatic heterocycles. The number of nitrogens with two attached hydrogens (primary N) is 1. The molecule has 21 heavy (non-hydrogen) atoms. The lowest BCUT2D eigenvalue weighted by molar-refractivity contribution is 0.0639. The molecule has 0 spiro atoms. The summed E-state index contributed by atoms with van der Waals surface area (Å²) in [6.07, 6.45) is 2.39. The molecule has 0 fully saturated rings. The number of rotatable bonds is 4. The van der Waals surface area contributed by atoms with Crippen LogP contribution in [0.3, 0.4) is 0 Å². The number of carbonyl (C=O) groups is 2. The van der Waals surface area contributed by atoms with Crippen LogP contribution in [0.1, 0.15) is 40.5 Å². The van der Waals surface area contributed by atoms with Gasteiger partial charge in [0, 0.05) is 0 Å². The predicted octanol–water partition coefficient (Wildman–Crippen LogP) is 2.38. The highest BCUT2D eigenvalue weighted by Gasteiger charge is 2.32. The third kappa shape index (κ3) is 4.42. The average molecular weight is 311 g/mol. The number of unbranched alkanes of at least 4 members (excludes halogenated alkanes) is 1. The molecule has 0 bridgehead atoms.